The van der Waals surface area contributed by atoms with Crippen LogP contribution in [0.1, 0.15) is 19.4 Å². The van der Waals surface area contributed by atoms with Gasteiger partial charge in [-0.3, -0.25) is 0 Å². The van der Waals surface area contributed by atoms with Gasteiger partial charge in [0, 0.05) is 11.5 Å². The summed E-state index contributed by atoms with van der Waals surface area (Å²) in [6, 6.07) is 12.3. The second kappa shape index (κ2) is 3.85. The quantitative estimate of drug-likeness (QED) is 0.694. The summed E-state index contributed by atoms with van der Waals surface area (Å²) >= 11 is 0. The lowest BCUT2D eigenvalue weighted by Gasteiger charge is -2.22. The van der Waals surface area contributed by atoms with Crippen LogP contribution >= 0.6 is 0 Å². The third kappa shape index (κ3) is 1.69. The number of benzene rings is 2. The molecule has 0 unspecified atom stereocenters. The monoisotopic (exact) mass is 220 g/mol. The van der Waals surface area contributed by atoms with Crippen LogP contribution in [0.25, 0.3) is 10.8 Å². The molecular formula is C14H14F2. The van der Waals surface area contributed by atoms with Gasteiger partial charge >= 0.3 is 0 Å². The maximum atomic E-state index is 14.0. The molecular weight excluding hydrogens is 206 g/mol. The van der Waals surface area contributed by atoms with E-state index in [2.05, 4.69) is 0 Å². The SMILES string of the molecule is CC(C)C(F)(F)c1cccc2ccccc12. The Labute approximate surface area is 93.9 Å². The zero-order chi connectivity index (χ0) is 11.8. The molecule has 2 rings (SSSR count). The average Bonchev–Trinajstić information content (AvgIpc) is 2.28. The molecule has 2 aromatic carbocycles. The summed E-state index contributed by atoms with van der Waals surface area (Å²) in [7, 11) is 0. The lowest BCUT2D eigenvalue weighted by atomic mass is 9.93. The maximum absolute atomic E-state index is 14.0. The fraction of sp³-hybridized carbons (Fsp3) is 0.286. The first-order valence-corrected chi connectivity index (χ1v) is 5.39. The van der Waals surface area contributed by atoms with E-state index >= 15 is 0 Å². The number of hydrogen-bond acceptors (Lipinski definition) is 0. The second-order valence-corrected chi connectivity index (χ2v) is 4.30. The van der Waals surface area contributed by atoms with E-state index in [9.17, 15) is 8.78 Å². The lowest BCUT2D eigenvalue weighted by molar-refractivity contribution is -0.0499. The molecule has 0 nitrogen and oxygen atoms in total. The van der Waals surface area contributed by atoms with E-state index in [4.69, 9.17) is 0 Å². The highest BCUT2D eigenvalue weighted by Gasteiger charge is 2.36. The number of halogens is 2. The van der Waals surface area contributed by atoms with Crippen molar-refractivity contribution < 1.29 is 8.78 Å². The Bertz CT molecular complexity index is 496. The molecule has 0 aromatic heterocycles. The van der Waals surface area contributed by atoms with E-state index in [0.717, 1.165) is 5.39 Å². The van der Waals surface area contributed by atoms with Crippen molar-refractivity contribution in [2.24, 2.45) is 5.92 Å². The molecule has 0 saturated heterocycles. The predicted molar refractivity (Wildman–Crippen MR) is 62.7 cm³/mol. The molecule has 0 aliphatic heterocycles. The highest BCUT2D eigenvalue weighted by atomic mass is 19.3. The van der Waals surface area contributed by atoms with Crippen LogP contribution < -0.4 is 0 Å². The van der Waals surface area contributed by atoms with Gasteiger partial charge in [0.25, 0.3) is 5.92 Å². The van der Waals surface area contributed by atoms with Crippen molar-refractivity contribution in [1.29, 1.82) is 0 Å². The van der Waals surface area contributed by atoms with Crippen LogP contribution in [0.2, 0.25) is 0 Å². The third-order valence-electron chi connectivity index (χ3n) is 2.87. The van der Waals surface area contributed by atoms with Crippen LogP contribution in [0, 0.1) is 5.92 Å². The van der Waals surface area contributed by atoms with Gasteiger partial charge in [-0.25, -0.2) is 8.78 Å². The molecule has 0 aliphatic carbocycles. The summed E-state index contributed by atoms with van der Waals surface area (Å²) in [5.41, 5.74) is 0.126. The van der Waals surface area contributed by atoms with Crippen LogP contribution in [0.15, 0.2) is 42.5 Å². The van der Waals surface area contributed by atoms with Crippen LogP contribution in [-0.2, 0) is 5.92 Å². The molecule has 2 aromatic rings. The molecule has 0 spiro atoms. The maximum Gasteiger partial charge on any atom is 0.276 e. The first kappa shape index (κ1) is 11.1. The molecule has 0 N–H and O–H groups in total. The Balaban J connectivity index is 2.70. The number of fused-ring (bicyclic) bond motifs is 1. The van der Waals surface area contributed by atoms with E-state index in [-0.39, 0.29) is 5.56 Å². The standard InChI is InChI=1S/C14H14F2/c1-10(2)14(15,16)13-9-5-7-11-6-3-4-8-12(11)13/h3-10H,1-2H3. The molecule has 0 bridgehead atoms. The summed E-state index contributed by atoms with van der Waals surface area (Å²) < 4.78 is 28.0. The van der Waals surface area contributed by atoms with Crippen molar-refractivity contribution in [2.75, 3.05) is 0 Å². The molecule has 0 amide bonds. The summed E-state index contributed by atoms with van der Waals surface area (Å²) in [6.45, 7) is 3.09. The molecule has 0 fully saturated rings. The van der Waals surface area contributed by atoms with Gasteiger partial charge in [0.2, 0.25) is 0 Å². The Morgan fingerprint density at radius 3 is 2.25 bits per heavy atom. The molecule has 84 valence electrons. The van der Waals surface area contributed by atoms with Gasteiger partial charge in [-0.1, -0.05) is 56.3 Å². The molecule has 0 heterocycles. The predicted octanol–water partition coefficient (Wildman–Crippen LogP) is 4.59. The number of alkyl halides is 2. The Hall–Kier alpha value is -1.44. The van der Waals surface area contributed by atoms with Gasteiger partial charge in [0.05, 0.1) is 0 Å². The largest absolute Gasteiger partial charge is 0.276 e. The van der Waals surface area contributed by atoms with E-state index in [0.29, 0.717) is 5.39 Å². The van der Waals surface area contributed by atoms with Crippen molar-refractivity contribution in [3.8, 4) is 0 Å². The summed E-state index contributed by atoms with van der Waals surface area (Å²) in [5.74, 6) is -3.47. The van der Waals surface area contributed by atoms with Crippen molar-refractivity contribution in [1.82, 2.24) is 0 Å². The fourth-order valence-corrected chi connectivity index (χ4v) is 1.83. The third-order valence-corrected chi connectivity index (χ3v) is 2.87. The van der Waals surface area contributed by atoms with Crippen LogP contribution in [0.5, 0.6) is 0 Å². The molecule has 2 heteroatoms. The second-order valence-electron chi connectivity index (χ2n) is 4.30. The average molecular weight is 220 g/mol. The molecule has 0 radical (unpaired) electrons. The minimum Gasteiger partial charge on any atom is -0.201 e. The molecule has 0 atom stereocenters. The smallest absolute Gasteiger partial charge is 0.201 e. The Morgan fingerprint density at radius 1 is 0.938 bits per heavy atom. The van der Waals surface area contributed by atoms with Crippen LogP contribution in [-0.4, -0.2) is 0 Å². The first-order valence-electron chi connectivity index (χ1n) is 5.39. The van der Waals surface area contributed by atoms with Gasteiger partial charge in [-0.15, -0.1) is 0 Å². The highest BCUT2D eigenvalue weighted by Crippen LogP contribution is 2.39. The van der Waals surface area contributed by atoms with E-state index < -0.39 is 11.8 Å². The summed E-state index contributed by atoms with van der Waals surface area (Å²) in [6.07, 6.45) is 0. The van der Waals surface area contributed by atoms with E-state index in [1.54, 1.807) is 32.0 Å². The minimum atomic E-state index is -2.78. The van der Waals surface area contributed by atoms with Crippen molar-refractivity contribution in [3.63, 3.8) is 0 Å². The van der Waals surface area contributed by atoms with Gasteiger partial charge in [-0.2, -0.15) is 0 Å². The van der Waals surface area contributed by atoms with E-state index in [1.165, 1.54) is 6.07 Å². The summed E-state index contributed by atoms with van der Waals surface area (Å²) in [4.78, 5) is 0. The van der Waals surface area contributed by atoms with Gasteiger partial charge in [0.1, 0.15) is 0 Å². The summed E-state index contributed by atoms with van der Waals surface area (Å²) in [5, 5.41) is 1.50. The van der Waals surface area contributed by atoms with Gasteiger partial charge < -0.3 is 0 Å². The lowest BCUT2D eigenvalue weighted by Crippen LogP contribution is -2.21. The molecule has 16 heavy (non-hydrogen) atoms. The minimum absolute atomic E-state index is 0.126. The number of hydrogen-bond donors (Lipinski definition) is 0. The van der Waals surface area contributed by atoms with Crippen LogP contribution in [0.3, 0.4) is 0 Å². The van der Waals surface area contributed by atoms with Crippen molar-refractivity contribution >= 4 is 10.8 Å². The fourth-order valence-electron chi connectivity index (χ4n) is 1.83. The zero-order valence-electron chi connectivity index (χ0n) is 9.37. The van der Waals surface area contributed by atoms with E-state index in [1.807, 2.05) is 18.2 Å². The normalized spacial score (nSPS) is 12.3. The van der Waals surface area contributed by atoms with Gasteiger partial charge in [-0.05, 0) is 10.8 Å². The van der Waals surface area contributed by atoms with Gasteiger partial charge in [0.15, 0.2) is 0 Å². The van der Waals surface area contributed by atoms with Crippen molar-refractivity contribution in [2.45, 2.75) is 19.8 Å². The topological polar surface area (TPSA) is 0 Å². The first-order chi connectivity index (χ1) is 7.53. The Kier molecular flexibility index (Phi) is 2.66. The zero-order valence-corrected chi connectivity index (χ0v) is 9.37. The highest BCUT2D eigenvalue weighted by molar-refractivity contribution is 5.86. The van der Waals surface area contributed by atoms with Crippen LogP contribution in [0.4, 0.5) is 8.78 Å². The van der Waals surface area contributed by atoms with Crippen molar-refractivity contribution in [3.05, 3.63) is 48.0 Å². The molecule has 0 saturated carbocycles. The number of rotatable bonds is 2. The Morgan fingerprint density at radius 2 is 1.56 bits per heavy atom. The molecule has 0 aliphatic rings.